The van der Waals surface area contributed by atoms with Crippen molar-refractivity contribution in [2.45, 2.75) is 56.4 Å². The molecular weight excluding hydrogens is 348 g/mol. The number of halogens is 1. The quantitative estimate of drug-likeness (QED) is 0.730. The predicted molar refractivity (Wildman–Crippen MR) is 99.2 cm³/mol. The smallest absolute Gasteiger partial charge is 0.240 e. The highest BCUT2D eigenvalue weighted by Gasteiger charge is 2.15. The molecule has 1 fully saturated rings. The summed E-state index contributed by atoms with van der Waals surface area (Å²) in [6, 6.07) is 6.61. The molecule has 0 heterocycles. The largest absolute Gasteiger partial charge is 0.493 e. The molecule has 24 heavy (non-hydrogen) atoms. The summed E-state index contributed by atoms with van der Waals surface area (Å²) in [6.45, 7) is 2.92. The Morgan fingerprint density at radius 1 is 1.21 bits per heavy atom. The SMILES string of the molecule is CC(N)CCNS(=O)(=O)c1ccc(OCC2CCCCC2)cc1.Cl. The van der Waals surface area contributed by atoms with Gasteiger partial charge in [0.15, 0.2) is 0 Å². The fourth-order valence-electron chi connectivity index (χ4n) is 2.79. The summed E-state index contributed by atoms with van der Waals surface area (Å²) in [5, 5.41) is 0. The minimum atomic E-state index is -3.47. The molecule has 1 aliphatic carbocycles. The number of hydrogen-bond donors (Lipinski definition) is 2. The van der Waals surface area contributed by atoms with E-state index in [9.17, 15) is 8.42 Å². The number of rotatable bonds is 8. The lowest BCUT2D eigenvalue weighted by atomic mass is 9.90. The van der Waals surface area contributed by atoms with Crippen molar-refractivity contribution in [2.24, 2.45) is 11.7 Å². The van der Waals surface area contributed by atoms with Crippen LogP contribution in [0, 0.1) is 5.92 Å². The van der Waals surface area contributed by atoms with E-state index in [1.165, 1.54) is 32.1 Å². The molecule has 1 aromatic rings. The fraction of sp³-hybridized carbons (Fsp3) is 0.647. The first-order chi connectivity index (χ1) is 11.0. The Labute approximate surface area is 151 Å². The Hall–Kier alpha value is -0.820. The van der Waals surface area contributed by atoms with E-state index in [-0.39, 0.29) is 23.3 Å². The average molecular weight is 377 g/mol. The molecule has 1 saturated carbocycles. The van der Waals surface area contributed by atoms with Gasteiger partial charge in [0.05, 0.1) is 11.5 Å². The van der Waals surface area contributed by atoms with Gasteiger partial charge in [-0.1, -0.05) is 19.3 Å². The number of hydrogen-bond acceptors (Lipinski definition) is 4. The number of sulfonamides is 1. The van der Waals surface area contributed by atoms with Crippen LogP contribution >= 0.6 is 12.4 Å². The lowest BCUT2D eigenvalue weighted by Crippen LogP contribution is -2.29. The molecule has 7 heteroatoms. The zero-order chi connectivity index (χ0) is 16.7. The molecule has 0 aromatic heterocycles. The van der Waals surface area contributed by atoms with Gasteiger partial charge in [-0.05, 0) is 56.4 Å². The van der Waals surface area contributed by atoms with Crippen molar-refractivity contribution >= 4 is 22.4 Å². The van der Waals surface area contributed by atoms with E-state index in [1.54, 1.807) is 24.3 Å². The van der Waals surface area contributed by atoms with E-state index in [1.807, 2.05) is 6.92 Å². The first-order valence-electron chi connectivity index (χ1n) is 8.45. The highest BCUT2D eigenvalue weighted by atomic mass is 35.5. The number of benzene rings is 1. The molecule has 1 aromatic carbocycles. The molecule has 1 unspecified atom stereocenters. The van der Waals surface area contributed by atoms with E-state index >= 15 is 0 Å². The maximum Gasteiger partial charge on any atom is 0.240 e. The molecule has 1 aliphatic rings. The zero-order valence-corrected chi connectivity index (χ0v) is 15.9. The van der Waals surface area contributed by atoms with Crippen LogP contribution in [0.2, 0.25) is 0 Å². The van der Waals surface area contributed by atoms with Gasteiger partial charge in [-0.15, -0.1) is 12.4 Å². The van der Waals surface area contributed by atoms with E-state index in [0.717, 1.165) is 12.4 Å². The second kappa shape index (κ2) is 10.2. The monoisotopic (exact) mass is 376 g/mol. The van der Waals surface area contributed by atoms with Crippen molar-refractivity contribution in [2.75, 3.05) is 13.2 Å². The van der Waals surface area contributed by atoms with E-state index < -0.39 is 10.0 Å². The zero-order valence-electron chi connectivity index (χ0n) is 14.2. The Kier molecular flexibility index (Phi) is 9.05. The maximum absolute atomic E-state index is 12.1. The lowest BCUT2D eigenvalue weighted by Gasteiger charge is -2.21. The Balaban J connectivity index is 0.00000288. The van der Waals surface area contributed by atoms with E-state index in [0.29, 0.717) is 18.9 Å². The summed E-state index contributed by atoms with van der Waals surface area (Å²) in [7, 11) is -3.47. The predicted octanol–water partition coefficient (Wildman–Crippen LogP) is 3.08. The standard InChI is InChI=1S/C17H28N2O3S.ClH/c1-14(18)11-12-19-23(20,21)17-9-7-16(8-10-17)22-13-15-5-3-2-4-6-15;/h7-10,14-15,19H,2-6,11-13,18H2,1H3;1H. The van der Waals surface area contributed by atoms with Crippen LogP contribution in [0.5, 0.6) is 5.75 Å². The van der Waals surface area contributed by atoms with Crippen LogP contribution in [0.3, 0.4) is 0 Å². The van der Waals surface area contributed by atoms with E-state index in [2.05, 4.69) is 4.72 Å². The highest BCUT2D eigenvalue weighted by molar-refractivity contribution is 7.89. The topological polar surface area (TPSA) is 81.4 Å². The minimum absolute atomic E-state index is 0. The first-order valence-corrected chi connectivity index (χ1v) is 9.94. The summed E-state index contributed by atoms with van der Waals surface area (Å²) in [6.07, 6.45) is 6.99. The van der Waals surface area contributed by atoms with Crippen LogP contribution < -0.4 is 15.2 Å². The van der Waals surface area contributed by atoms with Crippen LogP contribution in [0.15, 0.2) is 29.2 Å². The highest BCUT2D eigenvalue weighted by Crippen LogP contribution is 2.25. The Morgan fingerprint density at radius 3 is 2.42 bits per heavy atom. The number of nitrogens with two attached hydrogens (primary N) is 1. The number of ether oxygens (including phenoxy) is 1. The summed E-state index contributed by atoms with van der Waals surface area (Å²) < 4.78 is 32.6. The molecule has 3 N–H and O–H groups in total. The summed E-state index contributed by atoms with van der Waals surface area (Å²) in [5.41, 5.74) is 5.62. The van der Waals surface area contributed by atoms with Gasteiger partial charge < -0.3 is 10.5 Å². The maximum atomic E-state index is 12.1. The van der Waals surface area contributed by atoms with Gasteiger partial charge in [0.1, 0.15) is 5.75 Å². The van der Waals surface area contributed by atoms with Gasteiger partial charge in [0.25, 0.3) is 0 Å². The average Bonchev–Trinajstić information content (AvgIpc) is 2.54. The third-order valence-electron chi connectivity index (χ3n) is 4.24. The van der Waals surface area contributed by atoms with E-state index in [4.69, 9.17) is 10.5 Å². The second-order valence-corrected chi connectivity index (χ2v) is 8.22. The van der Waals surface area contributed by atoms with Gasteiger partial charge in [-0.3, -0.25) is 0 Å². The molecule has 138 valence electrons. The van der Waals surface area contributed by atoms with Gasteiger partial charge in [-0.2, -0.15) is 0 Å². The Morgan fingerprint density at radius 2 is 1.83 bits per heavy atom. The minimum Gasteiger partial charge on any atom is -0.493 e. The van der Waals surface area contributed by atoms with Crippen LogP contribution in [0.1, 0.15) is 45.4 Å². The molecule has 5 nitrogen and oxygen atoms in total. The molecule has 0 saturated heterocycles. The summed E-state index contributed by atoms with van der Waals surface area (Å²) in [5.74, 6) is 1.36. The van der Waals surface area contributed by atoms with Crippen LogP contribution in [-0.2, 0) is 10.0 Å². The van der Waals surface area contributed by atoms with Crippen molar-refractivity contribution in [1.82, 2.24) is 4.72 Å². The van der Waals surface area contributed by atoms with Crippen molar-refractivity contribution < 1.29 is 13.2 Å². The molecule has 0 radical (unpaired) electrons. The molecule has 1 atom stereocenters. The van der Waals surface area contributed by atoms with Crippen molar-refractivity contribution in [1.29, 1.82) is 0 Å². The second-order valence-electron chi connectivity index (χ2n) is 6.45. The van der Waals surface area contributed by atoms with Crippen molar-refractivity contribution in [3.63, 3.8) is 0 Å². The van der Waals surface area contributed by atoms with Gasteiger partial charge in [-0.25, -0.2) is 13.1 Å². The van der Waals surface area contributed by atoms with Crippen LogP contribution in [0.4, 0.5) is 0 Å². The fourth-order valence-corrected chi connectivity index (χ4v) is 3.83. The summed E-state index contributed by atoms with van der Waals surface area (Å²) in [4.78, 5) is 0.257. The van der Waals surface area contributed by atoms with Gasteiger partial charge in [0.2, 0.25) is 10.0 Å². The van der Waals surface area contributed by atoms with Crippen LogP contribution in [0.25, 0.3) is 0 Å². The van der Waals surface area contributed by atoms with Gasteiger partial charge >= 0.3 is 0 Å². The summed E-state index contributed by atoms with van der Waals surface area (Å²) >= 11 is 0. The van der Waals surface area contributed by atoms with Crippen molar-refractivity contribution in [3.8, 4) is 5.75 Å². The number of nitrogens with one attached hydrogen (secondary N) is 1. The Bertz CT molecular complexity index is 570. The lowest BCUT2D eigenvalue weighted by molar-refractivity contribution is 0.209. The normalized spacial score (nSPS) is 17.1. The molecule has 2 rings (SSSR count). The molecule has 0 amide bonds. The van der Waals surface area contributed by atoms with Gasteiger partial charge in [0, 0.05) is 12.6 Å². The molecule has 0 bridgehead atoms. The third-order valence-corrected chi connectivity index (χ3v) is 5.71. The van der Waals surface area contributed by atoms with Crippen LogP contribution in [-0.4, -0.2) is 27.6 Å². The third kappa shape index (κ3) is 6.97. The molecular formula is C17H29ClN2O3S. The van der Waals surface area contributed by atoms with Crippen molar-refractivity contribution in [3.05, 3.63) is 24.3 Å². The molecule has 0 spiro atoms. The first kappa shape index (κ1) is 21.2. The molecule has 0 aliphatic heterocycles.